The smallest absolute Gasteiger partial charge is 0.211 e. The summed E-state index contributed by atoms with van der Waals surface area (Å²) in [5.41, 5.74) is 1.82. The molecule has 1 aromatic heterocycles. The van der Waals surface area contributed by atoms with E-state index in [0.29, 0.717) is 5.15 Å². The molecule has 66 valence electrons. The molecule has 0 saturated heterocycles. The molecule has 0 bridgehead atoms. The summed E-state index contributed by atoms with van der Waals surface area (Å²) in [6.07, 6.45) is 4.80. The fourth-order valence-electron chi connectivity index (χ4n) is 1.19. The maximum atomic E-state index is 5.82. The van der Waals surface area contributed by atoms with Crippen molar-refractivity contribution in [1.82, 2.24) is 4.98 Å². The fraction of sp³-hybridized carbons (Fsp3) is 0.250. The summed E-state index contributed by atoms with van der Waals surface area (Å²) in [5, 5.41) is 1.36. The van der Waals surface area contributed by atoms with E-state index in [2.05, 4.69) is 16.3 Å². The summed E-state index contributed by atoms with van der Waals surface area (Å²) in [5.74, 6) is 0. The van der Waals surface area contributed by atoms with E-state index in [1.54, 1.807) is 17.8 Å². The van der Waals surface area contributed by atoms with Crippen LogP contribution in [-0.2, 0) is 0 Å². The van der Waals surface area contributed by atoms with E-state index >= 15 is 0 Å². The number of rotatable bonds is 1. The molecule has 0 amide bonds. The highest BCUT2D eigenvalue weighted by atomic mass is 35.5. The Labute approximate surface area is 85.8 Å². The first-order chi connectivity index (χ1) is 6.22. The molecule has 0 aromatic carbocycles. The van der Waals surface area contributed by atoms with Crippen LogP contribution in [0.4, 0.5) is 11.4 Å². The summed E-state index contributed by atoms with van der Waals surface area (Å²) in [4.78, 5) is 10.1. The number of pyridine rings is 1. The van der Waals surface area contributed by atoms with E-state index in [4.69, 9.17) is 11.6 Å². The number of nitrogens with zero attached hydrogens (tertiary/aromatic N) is 3. The van der Waals surface area contributed by atoms with Crippen molar-refractivity contribution in [3.05, 3.63) is 11.2 Å². The Balaban J connectivity index is 2.62. The Kier molecular flexibility index (Phi) is 2.12. The Morgan fingerprint density at radius 2 is 2.38 bits per heavy atom. The minimum Gasteiger partial charge on any atom is -0.211 e. The second-order valence-electron chi connectivity index (χ2n) is 2.59. The van der Waals surface area contributed by atoms with Crippen LogP contribution in [-0.4, -0.2) is 24.6 Å². The van der Waals surface area contributed by atoms with Gasteiger partial charge >= 0.3 is 0 Å². The van der Waals surface area contributed by atoms with Gasteiger partial charge in [0.05, 0.1) is 13.1 Å². The predicted octanol–water partition coefficient (Wildman–Crippen LogP) is 2.44. The van der Waals surface area contributed by atoms with Crippen LogP contribution in [0.25, 0.3) is 0 Å². The lowest BCUT2D eigenvalue weighted by Gasteiger charge is -2.01. The molecular weight excluding hydrogens is 206 g/mol. The number of anilines is 1. The molecule has 0 unspecified atom stereocenters. The minimum absolute atomic E-state index is 0.476. The van der Waals surface area contributed by atoms with Gasteiger partial charge in [-0.2, -0.15) is 4.90 Å². The molecule has 5 heteroatoms. The summed E-state index contributed by atoms with van der Waals surface area (Å²) < 4.78 is 0. The van der Waals surface area contributed by atoms with Crippen molar-refractivity contribution >= 4 is 41.1 Å². The van der Waals surface area contributed by atoms with Gasteiger partial charge in [-0.25, -0.2) is 4.98 Å². The zero-order chi connectivity index (χ0) is 9.42. The first kappa shape index (κ1) is 8.75. The van der Waals surface area contributed by atoms with Crippen molar-refractivity contribution in [2.75, 3.05) is 18.2 Å². The topological polar surface area (TPSA) is 28.5 Å². The van der Waals surface area contributed by atoms with Gasteiger partial charge in [0, 0.05) is 0 Å². The van der Waals surface area contributed by atoms with E-state index in [-0.39, 0.29) is 0 Å². The zero-order valence-electron chi connectivity index (χ0n) is 7.21. The van der Waals surface area contributed by atoms with Crippen molar-refractivity contribution in [3.63, 3.8) is 0 Å². The van der Waals surface area contributed by atoms with Crippen LogP contribution >= 0.6 is 23.4 Å². The molecule has 0 aliphatic carbocycles. The predicted molar refractivity (Wildman–Crippen MR) is 56.5 cm³/mol. The van der Waals surface area contributed by atoms with Crippen LogP contribution in [0.3, 0.4) is 0 Å². The monoisotopic (exact) mass is 212 g/mol. The number of fused-ring (bicyclic) bond motifs is 1. The third-order valence-corrected chi connectivity index (χ3v) is 2.62. The lowest BCUT2D eigenvalue weighted by Crippen LogP contribution is -2.11. The van der Waals surface area contributed by atoms with Crippen LogP contribution in [0.1, 0.15) is 0 Å². The maximum Gasteiger partial charge on any atom is 0.256 e. The second kappa shape index (κ2) is 3.14. The van der Waals surface area contributed by atoms with Gasteiger partial charge in [0.2, 0.25) is 0 Å². The quantitative estimate of drug-likeness (QED) is 0.407. The second-order valence-corrected chi connectivity index (χ2v) is 3.78. The van der Waals surface area contributed by atoms with E-state index in [1.807, 2.05) is 18.2 Å². The van der Waals surface area contributed by atoms with Gasteiger partial charge in [0.1, 0.15) is 5.15 Å². The molecule has 1 aliphatic rings. The van der Waals surface area contributed by atoms with E-state index < -0.39 is 0 Å². The van der Waals surface area contributed by atoms with Crippen LogP contribution < -0.4 is 4.90 Å². The van der Waals surface area contributed by atoms with E-state index in [0.717, 1.165) is 16.4 Å². The molecule has 1 aliphatic heterocycles. The van der Waals surface area contributed by atoms with Crippen molar-refractivity contribution < 1.29 is 0 Å². The molecule has 3 nitrogen and oxygen atoms in total. The van der Waals surface area contributed by atoms with Gasteiger partial charge in [0.25, 0.3) is 17.7 Å². The molecule has 0 radical (unpaired) electrons. The normalized spacial score (nSPS) is 13.0. The Morgan fingerprint density at radius 1 is 1.62 bits per heavy atom. The highest BCUT2D eigenvalue weighted by Gasteiger charge is 2.30. The average molecular weight is 213 g/mol. The molecular formula is C8H7ClN3S+. The Bertz CT molecular complexity index is 378. The molecule has 0 N–H and O–H groups in total. The molecule has 13 heavy (non-hydrogen) atoms. The minimum atomic E-state index is 0.476. The molecule has 2 rings (SSSR count). The molecule has 0 atom stereocenters. The standard InChI is InChI=1S/C8H7ClN3S/c1-12-4-10-5-3-6(9)11-8(13-2)7(5)12/h3H,1-2H3/q+1. The number of thioether (sulfide) groups is 1. The summed E-state index contributed by atoms with van der Waals surface area (Å²) >= 11 is 7.38. The number of hydrogen-bond acceptors (Lipinski definition) is 4. The third-order valence-electron chi connectivity index (χ3n) is 1.76. The van der Waals surface area contributed by atoms with Crippen molar-refractivity contribution in [1.29, 1.82) is 0 Å². The SMILES string of the molecule is CSc1nc(Cl)cc2c1N(C)[C+]=N2. The van der Waals surface area contributed by atoms with E-state index in [1.165, 1.54) is 0 Å². The number of halogens is 1. The Morgan fingerprint density at radius 3 is 3.08 bits per heavy atom. The molecule has 1 aromatic rings. The van der Waals surface area contributed by atoms with Gasteiger partial charge in [-0.1, -0.05) is 23.4 Å². The van der Waals surface area contributed by atoms with Crippen molar-refractivity contribution in [2.45, 2.75) is 5.03 Å². The third kappa shape index (κ3) is 1.37. The van der Waals surface area contributed by atoms with Gasteiger partial charge in [-0.15, -0.1) is 0 Å². The average Bonchev–Trinajstić information content (AvgIpc) is 2.46. The first-order valence-electron chi connectivity index (χ1n) is 3.67. The highest BCUT2D eigenvalue weighted by molar-refractivity contribution is 7.98. The van der Waals surface area contributed by atoms with Crippen molar-refractivity contribution in [2.24, 2.45) is 4.99 Å². The van der Waals surface area contributed by atoms with Crippen LogP contribution in [0, 0.1) is 0 Å². The van der Waals surface area contributed by atoms with Crippen LogP contribution in [0.2, 0.25) is 5.15 Å². The van der Waals surface area contributed by atoms with Gasteiger partial charge in [-0.3, -0.25) is 0 Å². The Hall–Kier alpha value is -0.830. The van der Waals surface area contributed by atoms with Gasteiger partial charge in [-0.05, 0) is 11.2 Å². The van der Waals surface area contributed by atoms with Crippen LogP contribution in [0.5, 0.6) is 0 Å². The van der Waals surface area contributed by atoms with Gasteiger partial charge in [0.15, 0.2) is 5.03 Å². The van der Waals surface area contributed by atoms with E-state index in [9.17, 15) is 0 Å². The molecule has 0 fully saturated rings. The number of hydrogen-bond donors (Lipinski definition) is 0. The van der Waals surface area contributed by atoms with Crippen LogP contribution in [0.15, 0.2) is 16.1 Å². The maximum absolute atomic E-state index is 5.82. The fourth-order valence-corrected chi connectivity index (χ4v) is 2.06. The zero-order valence-corrected chi connectivity index (χ0v) is 8.78. The summed E-state index contributed by atoms with van der Waals surface area (Å²) in [6.45, 7) is 0. The lowest BCUT2D eigenvalue weighted by molar-refractivity contribution is 1.11. The number of aromatic nitrogens is 1. The van der Waals surface area contributed by atoms with Crippen molar-refractivity contribution in [3.8, 4) is 0 Å². The summed E-state index contributed by atoms with van der Waals surface area (Å²) in [7, 11) is 1.89. The highest BCUT2D eigenvalue weighted by Crippen LogP contribution is 2.39. The number of aliphatic imine (C=N–C) groups is 1. The largest absolute Gasteiger partial charge is 0.256 e. The lowest BCUT2D eigenvalue weighted by atomic mass is 10.3. The molecule has 2 heterocycles. The summed E-state index contributed by atoms with van der Waals surface area (Å²) in [6, 6.07) is 1.74. The molecule has 0 saturated carbocycles. The van der Waals surface area contributed by atoms with Gasteiger partial charge < -0.3 is 0 Å². The first-order valence-corrected chi connectivity index (χ1v) is 5.27. The molecule has 0 spiro atoms.